The van der Waals surface area contributed by atoms with Crippen molar-refractivity contribution >= 4 is 17.4 Å². The molecule has 1 amide bonds. The molecule has 1 N–H and O–H groups in total. The van der Waals surface area contributed by atoms with Crippen LogP contribution in [0.15, 0.2) is 48.0 Å². The molecular formula is C30H38N2O5. The minimum atomic E-state index is -0.690. The lowest BCUT2D eigenvalue weighted by atomic mass is 9.94. The molecule has 37 heavy (non-hydrogen) atoms. The Kier molecular flexibility index (Phi) is 8.54. The summed E-state index contributed by atoms with van der Waals surface area (Å²) in [6.45, 7) is 11.9. The van der Waals surface area contributed by atoms with Crippen molar-refractivity contribution in [2.24, 2.45) is 0 Å². The highest BCUT2D eigenvalue weighted by Crippen LogP contribution is 2.41. The van der Waals surface area contributed by atoms with E-state index in [2.05, 4.69) is 18.7 Å². The minimum Gasteiger partial charge on any atom is -0.507 e. The maximum Gasteiger partial charge on any atom is 0.295 e. The van der Waals surface area contributed by atoms with Crippen LogP contribution in [0.3, 0.4) is 0 Å². The van der Waals surface area contributed by atoms with Gasteiger partial charge in [0.1, 0.15) is 23.4 Å². The van der Waals surface area contributed by atoms with Crippen LogP contribution in [0.25, 0.3) is 5.76 Å². The fourth-order valence-corrected chi connectivity index (χ4v) is 5.18. The number of ether oxygens (including phenoxy) is 2. The topological polar surface area (TPSA) is 79.3 Å². The molecule has 2 atom stereocenters. The summed E-state index contributed by atoms with van der Waals surface area (Å²) in [5.74, 6) is 0.0752. The molecule has 1 fully saturated rings. The maximum absolute atomic E-state index is 13.4. The van der Waals surface area contributed by atoms with Crippen LogP contribution in [-0.4, -0.2) is 65.5 Å². The molecule has 2 heterocycles. The van der Waals surface area contributed by atoms with Crippen LogP contribution in [0.5, 0.6) is 11.5 Å². The Labute approximate surface area is 219 Å². The monoisotopic (exact) mass is 506 g/mol. The number of carbonyl (C=O) groups excluding carboxylic acids is 2. The molecule has 7 heteroatoms. The van der Waals surface area contributed by atoms with Gasteiger partial charge in [0.05, 0.1) is 18.2 Å². The zero-order valence-corrected chi connectivity index (χ0v) is 22.3. The Bertz CT molecular complexity index is 1170. The first kappa shape index (κ1) is 26.7. The van der Waals surface area contributed by atoms with E-state index in [4.69, 9.17) is 9.47 Å². The van der Waals surface area contributed by atoms with Crippen LogP contribution in [0.1, 0.15) is 63.3 Å². The Morgan fingerprint density at radius 1 is 1.14 bits per heavy atom. The molecule has 0 aliphatic carbocycles. The number of benzene rings is 2. The molecule has 0 aromatic heterocycles. The van der Waals surface area contributed by atoms with Gasteiger partial charge in [-0.05, 0) is 80.9 Å². The average molecular weight is 507 g/mol. The van der Waals surface area contributed by atoms with Crippen molar-refractivity contribution in [2.45, 2.75) is 59.1 Å². The van der Waals surface area contributed by atoms with Crippen molar-refractivity contribution in [3.05, 3.63) is 64.7 Å². The summed E-state index contributed by atoms with van der Waals surface area (Å²) in [5, 5.41) is 11.5. The third kappa shape index (κ3) is 5.67. The van der Waals surface area contributed by atoms with Crippen molar-refractivity contribution in [1.29, 1.82) is 0 Å². The van der Waals surface area contributed by atoms with Crippen LogP contribution in [-0.2, 0) is 16.0 Å². The molecule has 0 bridgehead atoms. The van der Waals surface area contributed by atoms with E-state index in [0.29, 0.717) is 24.5 Å². The summed E-state index contributed by atoms with van der Waals surface area (Å²) in [6.07, 6.45) is 2.39. The van der Waals surface area contributed by atoms with E-state index in [1.54, 1.807) is 11.0 Å². The Morgan fingerprint density at radius 3 is 2.65 bits per heavy atom. The molecule has 2 aliphatic heterocycles. The smallest absolute Gasteiger partial charge is 0.295 e. The summed E-state index contributed by atoms with van der Waals surface area (Å²) < 4.78 is 11.6. The lowest BCUT2D eigenvalue weighted by Gasteiger charge is -2.27. The van der Waals surface area contributed by atoms with Crippen molar-refractivity contribution in [3.8, 4) is 11.5 Å². The highest BCUT2D eigenvalue weighted by molar-refractivity contribution is 6.46. The molecule has 0 saturated carbocycles. The summed E-state index contributed by atoms with van der Waals surface area (Å²) in [6, 6.07) is 12.2. The quantitative estimate of drug-likeness (QED) is 0.264. The molecule has 2 aliphatic rings. The average Bonchev–Trinajstić information content (AvgIpc) is 3.40. The number of aliphatic hydroxyl groups is 1. The summed E-state index contributed by atoms with van der Waals surface area (Å²) in [5.41, 5.74) is 2.36. The first-order valence-electron chi connectivity index (χ1n) is 13.4. The number of amides is 1. The van der Waals surface area contributed by atoms with Gasteiger partial charge in [-0.15, -0.1) is 0 Å². The van der Waals surface area contributed by atoms with Gasteiger partial charge in [0.15, 0.2) is 0 Å². The largest absolute Gasteiger partial charge is 0.507 e. The van der Waals surface area contributed by atoms with Crippen LogP contribution in [0, 0.1) is 0 Å². The predicted octanol–water partition coefficient (Wildman–Crippen LogP) is 4.95. The van der Waals surface area contributed by atoms with Crippen molar-refractivity contribution in [2.75, 3.05) is 32.8 Å². The van der Waals surface area contributed by atoms with Gasteiger partial charge in [-0.1, -0.05) is 32.9 Å². The predicted molar refractivity (Wildman–Crippen MR) is 144 cm³/mol. The number of likely N-dealkylation sites (tertiary alicyclic amines) is 1. The normalized spacial score (nSPS) is 20.4. The van der Waals surface area contributed by atoms with Crippen molar-refractivity contribution in [3.63, 3.8) is 0 Å². The first-order valence-corrected chi connectivity index (χ1v) is 13.4. The van der Waals surface area contributed by atoms with Gasteiger partial charge in [0.2, 0.25) is 0 Å². The lowest BCUT2D eigenvalue weighted by molar-refractivity contribution is -0.140. The highest BCUT2D eigenvalue weighted by Gasteiger charge is 2.46. The number of carbonyl (C=O) groups is 2. The van der Waals surface area contributed by atoms with Gasteiger partial charge in [0.25, 0.3) is 11.7 Å². The summed E-state index contributed by atoms with van der Waals surface area (Å²) in [7, 11) is 0. The second-order valence-corrected chi connectivity index (χ2v) is 9.75. The second-order valence-electron chi connectivity index (χ2n) is 9.75. The number of nitrogens with zero attached hydrogens (tertiary/aromatic N) is 2. The van der Waals surface area contributed by atoms with E-state index in [1.807, 2.05) is 50.2 Å². The van der Waals surface area contributed by atoms with Crippen molar-refractivity contribution in [1.82, 2.24) is 9.80 Å². The number of hydrogen-bond donors (Lipinski definition) is 1. The van der Waals surface area contributed by atoms with Gasteiger partial charge in [-0.3, -0.25) is 9.59 Å². The van der Waals surface area contributed by atoms with Gasteiger partial charge in [-0.2, -0.15) is 0 Å². The third-order valence-electron chi connectivity index (χ3n) is 7.12. The number of aliphatic hydroxyl groups excluding tert-OH is 1. The summed E-state index contributed by atoms with van der Waals surface area (Å²) in [4.78, 5) is 30.6. The molecule has 7 nitrogen and oxygen atoms in total. The fourth-order valence-electron chi connectivity index (χ4n) is 5.18. The van der Waals surface area contributed by atoms with Gasteiger partial charge >= 0.3 is 0 Å². The molecule has 4 rings (SSSR count). The zero-order chi connectivity index (χ0) is 26.5. The van der Waals surface area contributed by atoms with Gasteiger partial charge in [0, 0.05) is 18.5 Å². The molecule has 2 aromatic carbocycles. The molecule has 198 valence electrons. The Morgan fingerprint density at radius 2 is 1.92 bits per heavy atom. The van der Waals surface area contributed by atoms with E-state index in [9.17, 15) is 14.7 Å². The Balaban J connectivity index is 1.74. The van der Waals surface area contributed by atoms with E-state index < -0.39 is 17.7 Å². The summed E-state index contributed by atoms with van der Waals surface area (Å²) >= 11 is 0. The SMILES string of the molecule is CCCOc1cccc([C@@H]2/C(=C(\O)c3ccc4c(c3)C[C@H](C)O4)C(=O)C(=O)N2CCCN(CC)CC)c1. The molecular weight excluding hydrogens is 468 g/mol. The van der Waals surface area contributed by atoms with E-state index in [0.717, 1.165) is 55.8 Å². The number of fused-ring (bicyclic) bond motifs is 1. The Hall–Kier alpha value is -3.32. The molecule has 0 unspecified atom stereocenters. The number of ketones is 1. The first-order chi connectivity index (χ1) is 17.9. The van der Waals surface area contributed by atoms with Crippen LogP contribution in [0.2, 0.25) is 0 Å². The third-order valence-corrected chi connectivity index (χ3v) is 7.12. The maximum atomic E-state index is 13.4. The zero-order valence-electron chi connectivity index (χ0n) is 22.3. The van der Waals surface area contributed by atoms with Crippen LogP contribution >= 0.6 is 0 Å². The standard InChI is InChI=1S/C30H38N2O5/c1-5-16-36-24-11-8-10-21(19-24)27-26(28(33)22-12-13-25-23(18-22)17-20(4)37-25)29(34)30(35)32(27)15-9-14-31(6-2)7-3/h8,10-13,18-20,27,33H,5-7,9,14-17H2,1-4H3/b28-26+/t20-,27+/m0/s1. The van der Waals surface area contributed by atoms with E-state index >= 15 is 0 Å². The number of hydrogen-bond acceptors (Lipinski definition) is 6. The number of Topliss-reactive ketones (excluding diaryl/α,β-unsaturated/α-hetero) is 1. The minimum absolute atomic E-state index is 0.0645. The second kappa shape index (κ2) is 11.8. The van der Waals surface area contributed by atoms with Crippen LogP contribution < -0.4 is 9.47 Å². The molecule has 0 radical (unpaired) electrons. The molecule has 0 spiro atoms. The molecule has 1 saturated heterocycles. The van der Waals surface area contributed by atoms with Crippen LogP contribution in [0.4, 0.5) is 0 Å². The van der Waals surface area contributed by atoms with E-state index in [1.165, 1.54) is 0 Å². The van der Waals surface area contributed by atoms with E-state index in [-0.39, 0.29) is 17.4 Å². The van der Waals surface area contributed by atoms with Crippen molar-refractivity contribution < 1.29 is 24.2 Å². The fraction of sp³-hybridized carbons (Fsp3) is 0.467. The van der Waals surface area contributed by atoms with Gasteiger partial charge in [-0.25, -0.2) is 0 Å². The molecule has 2 aromatic rings. The van der Waals surface area contributed by atoms with Gasteiger partial charge < -0.3 is 24.4 Å². The lowest BCUT2D eigenvalue weighted by Crippen LogP contribution is -2.33. The number of rotatable bonds is 11. The highest BCUT2D eigenvalue weighted by atomic mass is 16.5.